The van der Waals surface area contributed by atoms with Gasteiger partial charge >= 0.3 is 5.97 Å². The van der Waals surface area contributed by atoms with Gasteiger partial charge in [0, 0.05) is 18.9 Å². The summed E-state index contributed by atoms with van der Waals surface area (Å²) in [5.74, 6) is 2.22. The van der Waals surface area contributed by atoms with Gasteiger partial charge in [0.05, 0.1) is 39.1 Å². The number of hydrogen-bond donors (Lipinski definition) is 0. The van der Waals surface area contributed by atoms with E-state index in [1.807, 2.05) is 72.8 Å². The lowest BCUT2D eigenvalue weighted by Crippen LogP contribution is -2.08. The van der Waals surface area contributed by atoms with Crippen molar-refractivity contribution in [1.29, 1.82) is 0 Å². The van der Waals surface area contributed by atoms with Gasteiger partial charge in [-0.05, 0) is 58.7 Å². The minimum absolute atomic E-state index is 0.364. The Hall–Kier alpha value is -5.23. The number of carbonyl (C=O) groups excluding carboxylic acids is 1. The summed E-state index contributed by atoms with van der Waals surface area (Å²) in [5.41, 5.74) is 4.87. The second-order valence-corrected chi connectivity index (χ2v) is 10.1. The van der Waals surface area contributed by atoms with E-state index in [1.165, 1.54) is 7.11 Å². The fourth-order valence-corrected chi connectivity index (χ4v) is 4.64. The van der Waals surface area contributed by atoms with Crippen molar-refractivity contribution in [3.8, 4) is 45.3 Å². The Morgan fingerprint density at radius 2 is 0.864 bits per heavy atom. The molecule has 0 amide bonds. The Bertz CT molecular complexity index is 1510. The molecule has 0 heterocycles. The van der Waals surface area contributed by atoms with Crippen LogP contribution in [-0.2, 0) is 4.74 Å². The minimum atomic E-state index is -0.455. The first kappa shape index (κ1) is 30.2. The molecule has 5 aromatic rings. The van der Waals surface area contributed by atoms with Gasteiger partial charge in [-0.25, -0.2) is 4.79 Å². The zero-order valence-electron chi connectivity index (χ0n) is 24.8. The molecule has 224 valence electrons. The summed E-state index contributed by atoms with van der Waals surface area (Å²) >= 11 is 0. The number of esters is 1. The highest BCUT2D eigenvalue weighted by atomic mass is 16.5. The maximum absolute atomic E-state index is 12.3. The molecule has 0 N–H and O–H groups in total. The number of carbonyl (C=O) groups is 1. The van der Waals surface area contributed by atoms with Crippen LogP contribution in [0.1, 0.15) is 23.2 Å². The van der Waals surface area contributed by atoms with Crippen LogP contribution in [0.15, 0.2) is 127 Å². The molecule has 5 rings (SSSR count). The molecule has 0 unspecified atom stereocenters. The lowest BCUT2D eigenvalue weighted by Gasteiger charge is -2.13. The average Bonchev–Trinajstić information content (AvgIpc) is 3.08. The van der Waals surface area contributed by atoms with E-state index in [0.29, 0.717) is 56.3 Å². The third-order valence-electron chi connectivity index (χ3n) is 6.84. The van der Waals surface area contributed by atoms with Crippen molar-refractivity contribution < 1.29 is 28.5 Å². The molecule has 6 heteroatoms. The second-order valence-electron chi connectivity index (χ2n) is 10.1. The maximum atomic E-state index is 12.3. The molecule has 0 saturated heterocycles. The summed E-state index contributed by atoms with van der Waals surface area (Å²) in [6.45, 7) is 1.82. The van der Waals surface area contributed by atoms with Crippen LogP contribution in [0.4, 0.5) is 0 Å². The molecular weight excluding hydrogens is 552 g/mol. The van der Waals surface area contributed by atoms with Crippen LogP contribution in [0.5, 0.6) is 23.0 Å². The van der Waals surface area contributed by atoms with Gasteiger partial charge in [0.25, 0.3) is 0 Å². The number of benzene rings is 5. The van der Waals surface area contributed by atoms with Gasteiger partial charge in [-0.15, -0.1) is 0 Å². The normalized spacial score (nSPS) is 10.6. The first-order valence-corrected chi connectivity index (χ1v) is 14.7. The first-order chi connectivity index (χ1) is 21.7. The highest BCUT2D eigenvalue weighted by Crippen LogP contribution is 2.26. The van der Waals surface area contributed by atoms with E-state index < -0.39 is 5.97 Å². The third kappa shape index (κ3) is 8.88. The lowest BCUT2D eigenvalue weighted by atomic mass is 10.1. The second kappa shape index (κ2) is 15.8. The Morgan fingerprint density at radius 1 is 0.455 bits per heavy atom. The average molecular weight is 589 g/mol. The summed E-state index contributed by atoms with van der Waals surface area (Å²) in [7, 11) is 1.35. The van der Waals surface area contributed by atoms with Crippen LogP contribution in [0, 0.1) is 0 Å². The van der Waals surface area contributed by atoms with Crippen molar-refractivity contribution in [3.05, 3.63) is 133 Å². The summed E-state index contributed by atoms with van der Waals surface area (Å²) in [4.78, 5) is 12.3. The van der Waals surface area contributed by atoms with Crippen LogP contribution in [0.2, 0.25) is 0 Å². The molecule has 0 aliphatic rings. The van der Waals surface area contributed by atoms with Crippen molar-refractivity contribution in [2.45, 2.75) is 12.8 Å². The standard InChI is InChI=1S/C38H36O6/c1-40-38(39)33-26-36(43-22-10-20-41-34-18-8-16-31(24-34)29-12-4-2-5-13-29)28-37(27-33)44-23-11-21-42-35-19-9-17-32(25-35)30-14-6-3-7-15-30/h2-9,12-19,24-28H,10-11,20-23H2,1H3. The number of methoxy groups -OCH3 is 1. The predicted molar refractivity (Wildman–Crippen MR) is 173 cm³/mol. The van der Waals surface area contributed by atoms with Gasteiger partial charge in [-0.1, -0.05) is 84.9 Å². The summed E-state index contributed by atoms with van der Waals surface area (Å²) < 4.78 is 28.7. The molecule has 0 radical (unpaired) electrons. The van der Waals surface area contributed by atoms with Gasteiger partial charge in [-0.2, -0.15) is 0 Å². The van der Waals surface area contributed by atoms with Crippen molar-refractivity contribution in [2.24, 2.45) is 0 Å². The molecule has 0 aromatic heterocycles. The van der Waals surface area contributed by atoms with Crippen LogP contribution < -0.4 is 18.9 Å². The predicted octanol–water partition coefficient (Wildman–Crippen LogP) is 8.50. The molecule has 0 bridgehead atoms. The molecule has 0 aliphatic carbocycles. The molecular formula is C38H36O6. The Morgan fingerprint density at radius 3 is 1.30 bits per heavy atom. The monoisotopic (exact) mass is 588 g/mol. The molecule has 0 fully saturated rings. The van der Waals surface area contributed by atoms with Gasteiger partial charge in [0.15, 0.2) is 0 Å². The molecule has 6 nitrogen and oxygen atoms in total. The fourth-order valence-electron chi connectivity index (χ4n) is 4.64. The Labute approximate surface area is 258 Å². The van der Waals surface area contributed by atoms with Crippen LogP contribution in [0.25, 0.3) is 22.3 Å². The number of ether oxygens (including phenoxy) is 5. The third-order valence-corrected chi connectivity index (χ3v) is 6.84. The molecule has 0 aliphatic heterocycles. The quantitative estimate of drug-likeness (QED) is 0.0903. The van der Waals surface area contributed by atoms with Gasteiger partial charge < -0.3 is 23.7 Å². The molecule has 0 spiro atoms. The SMILES string of the molecule is COC(=O)c1cc(OCCCOc2cccc(-c3ccccc3)c2)cc(OCCCOc2cccc(-c3ccccc3)c2)c1. The maximum Gasteiger partial charge on any atom is 0.338 e. The van der Waals surface area contributed by atoms with Crippen LogP contribution in [-0.4, -0.2) is 39.5 Å². The van der Waals surface area contributed by atoms with E-state index in [2.05, 4.69) is 36.4 Å². The molecule has 0 atom stereocenters. The van der Waals surface area contributed by atoms with Gasteiger partial charge in [-0.3, -0.25) is 0 Å². The van der Waals surface area contributed by atoms with E-state index >= 15 is 0 Å². The summed E-state index contributed by atoms with van der Waals surface area (Å²) in [6, 6.07) is 41.6. The fraction of sp³-hybridized carbons (Fsp3) is 0.184. The number of hydrogen-bond acceptors (Lipinski definition) is 6. The minimum Gasteiger partial charge on any atom is -0.493 e. The van der Waals surface area contributed by atoms with E-state index in [9.17, 15) is 4.79 Å². The summed E-state index contributed by atoms with van der Waals surface area (Å²) in [5, 5.41) is 0. The first-order valence-electron chi connectivity index (χ1n) is 14.7. The zero-order chi connectivity index (χ0) is 30.4. The van der Waals surface area contributed by atoms with E-state index in [0.717, 1.165) is 33.8 Å². The smallest absolute Gasteiger partial charge is 0.338 e. The van der Waals surface area contributed by atoms with E-state index in [1.54, 1.807) is 18.2 Å². The molecule has 5 aromatic carbocycles. The van der Waals surface area contributed by atoms with E-state index in [-0.39, 0.29) is 0 Å². The van der Waals surface area contributed by atoms with Crippen molar-refractivity contribution in [3.63, 3.8) is 0 Å². The summed E-state index contributed by atoms with van der Waals surface area (Å²) in [6.07, 6.45) is 1.33. The lowest BCUT2D eigenvalue weighted by molar-refractivity contribution is 0.0599. The molecule has 44 heavy (non-hydrogen) atoms. The van der Waals surface area contributed by atoms with Crippen LogP contribution in [0.3, 0.4) is 0 Å². The highest BCUT2D eigenvalue weighted by molar-refractivity contribution is 5.90. The highest BCUT2D eigenvalue weighted by Gasteiger charge is 2.11. The van der Waals surface area contributed by atoms with Gasteiger partial charge in [0.2, 0.25) is 0 Å². The largest absolute Gasteiger partial charge is 0.493 e. The van der Waals surface area contributed by atoms with Crippen molar-refractivity contribution in [1.82, 2.24) is 0 Å². The Balaban J connectivity index is 1.08. The van der Waals surface area contributed by atoms with Crippen molar-refractivity contribution >= 4 is 5.97 Å². The zero-order valence-corrected chi connectivity index (χ0v) is 24.8. The van der Waals surface area contributed by atoms with Crippen LogP contribution >= 0.6 is 0 Å². The topological polar surface area (TPSA) is 63.2 Å². The molecule has 0 saturated carbocycles. The van der Waals surface area contributed by atoms with E-state index in [4.69, 9.17) is 23.7 Å². The number of rotatable bonds is 15. The van der Waals surface area contributed by atoms with Gasteiger partial charge in [0.1, 0.15) is 23.0 Å². The Kier molecular flexibility index (Phi) is 10.9. The van der Waals surface area contributed by atoms with Crippen molar-refractivity contribution in [2.75, 3.05) is 33.5 Å².